The number of carbonyl (C=O) groups is 1. The van der Waals surface area contributed by atoms with Crippen molar-refractivity contribution in [3.05, 3.63) is 35.4 Å². The second-order valence-electron chi connectivity index (χ2n) is 5.58. The van der Waals surface area contributed by atoms with E-state index in [9.17, 15) is 13.6 Å². The van der Waals surface area contributed by atoms with Gasteiger partial charge in [-0.15, -0.1) is 0 Å². The lowest BCUT2D eigenvalue weighted by Crippen LogP contribution is -2.55. The largest absolute Gasteiger partial charge is 0.348 e. The molecule has 1 amide bonds. The molecule has 1 fully saturated rings. The normalized spacial score (nSPS) is 19.4. The Bertz CT molecular complexity index is 499. The Balaban J connectivity index is 2.08. The first-order valence-electron chi connectivity index (χ1n) is 6.97. The quantitative estimate of drug-likeness (QED) is 0.895. The van der Waals surface area contributed by atoms with Crippen LogP contribution in [-0.4, -0.2) is 11.4 Å². The lowest BCUT2D eigenvalue weighted by Gasteiger charge is -2.33. The zero-order valence-electron chi connectivity index (χ0n) is 11.6. The number of hydrogen-bond acceptors (Lipinski definition) is 2. The topological polar surface area (TPSA) is 55.1 Å². The third-order valence-corrected chi connectivity index (χ3v) is 3.97. The van der Waals surface area contributed by atoms with Crippen molar-refractivity contribution in [2.24, 2.45) is 5.73 Å². The van der Waals surface area contributed by atoms with Gasteiger partial charge in [0.1, 0.15) is 11.6 Å². The van der Waals surface area contributed by atoms with Crippen molar-refractivity contribution in [3.63, 3.8) is 0 Å². The zero-order valence-corrected chi connectivity index (χ0v) is 11.6. The molecule has 1 atom stereocenters. The molecule has 0 radical (unpaired) electrons. The third kappa shape index (κ3) is 3.15. The molecule has 1 aliphatic rings. The van der Waals surface area contributed by atoms with Crippen LogP contribution in [0.5, 0.6) is 0 Å². The van der Waals surface area contributed by atoms with Gasteiger partial charge in [-0.2, -0.15) is 0 Å². The van der Waals surface area contributed by atoms with E-state index in [0.717, 1.165) is 37.5 Å². The van der Waals surface area contributed by atoms with E-state index in [4.69, 9.17) is 5.73 Å². The van der Waals surface area contributed by atoms with Crippen LogP contribution in [0.4, 0.5) is 8.78 Å². The van der Waals surface area contributed by atoms with Gasteiger partial charge in [0.15, 0.2) is 0 Å². The van der Waals surface area contributed by atoms with Crippen molar-refractivity contribution < 1.29 is 13.6 Å². The van der Waals surface area contributed by atoms with Gasteiger partial charge in [-0.05, 0) is 38.0 Å². The molecule has 20 heavy (non-hydrogen) atoms. The average molecular weight is 282 g/mol. The van der Waals surface area contributed by atoms with Crippen LogP contribution in [0, 0.1) is 11.6 Å². The smallest absolute Gasteiger partial charge is 0.240 e. The molecule has 1 saturated carbocycles. The van der Waals surface area contributed by atoms with E-state index < -0.39 is 23.2 Å². The Labute approximate surface area is 117 Å². The molecule has 5 heteroatoms. The van der Waals surface area contributed by atoms with Gasteiger partial charge in [0.05, 0.1) is 11.6 Å². The average Bonchev–Trinajstić information content (AvgIpc) is 2.42. The summed E-state index contributed by atoms with van der Waals surface area (Å²) in [5.41, 5.74) is 5.38. The molecule has 1 aromatic carbocycles. The van der Waals surface area contributed by atoms with Crippen LogP contribution in [0.25, 0.3) is 0 Å². The fraction of sp³-hybridized carbons (Fsp3) is 0.533. The summed E-state index contributed by atoms with van der Waals surface area (Å²) in [6.45, 7) is 1.63. The van der Waals surface area contributed by atoms with Gasteiger partial charge in [0.2, 0.25) is 5.91 Å². The molecule has 0 saturated heterocycles. The highest BCUT2D eigenvalue weighted by Crippen LogP contribution is 2.27. The van der Waals surface area contributed by atoms with Gasteiger partial charge >= 0.3 is 0 Å². The summed E-state index contributed by atoms with van der Waals surface area (Å²) < 4.78 is 26.8. The van der Waals surface area contributed by atoms with Gasteiger partial charge < -0.3 is 11.1 Å². The highest BCUT2D eigenvalue weighted by molar-refractivity contribution is 5.86. The van der Waals surface area contributed by atoms with Gasteiger partial charge in [0, 0.05) is 5.56 Å². The highest BCUT2D eigenvalue weighted by Gasteiger charge is 2.36. The molecule has 0 aromatic heterocycles. The Morgan fingerprint density at radius 2 is 1.95 bits per heavy atom. The van der Waals surface area contributed by atoms with Crippen LogP contribution in [0.2, 0.25) is 0 Å². The van der Waals surface area contributed by atoms with E-state index in [0.29, 0.717) is 12.8 Å². The second kappa shape index (κ2) is 5.87. The van der Waals surface area contributed by atoms with Gasteiger partial charge in [0.25, 0.3) is 0 Å². The molecular weight excluding hydrogens is 262 g/mol. The van der Waals surface area contributed by atoms with Crippen molar-refractivity contribution in [3.8, 4) is 0 Å². The number of nitrogens with one attached hydrogen (secondary N) is 1. The number of benzene rings is 1. The summed E-state index contributed by atoms with van der Waals surface area (Å²) >= 11 is 0. The first kappa shape index (κ1) is 14.9. The van der Waals surface area contributed by atoms with E-state index in [1.165, 1.54) is 0 Å². The molecule has 1 aliphatic carbocycles. The highest BCUT2D eigenvalue weighted by atomic mass is 19.1. The maximum Gasteiger partial charge on any atom is 0.240 e. The molecule has 1 unspecified atom stereocenters. The van der Waals surface area contributed by atoms with E-state index in [2.05, 4.69) is 5.32 Å². The van der Waals surface area contributed by atoms with Crippen LogP contribution in [0.15, 0.2) is 18.2 Å². The molecule has 0 aliphatic heterocycles. The van der Waals surface area contributed by atoms with Crippen molar-refractivity contribution in [1.29, 1.82) is 0 Å². The minimum absolute atomic E-state index is 0.137. The van der Waals surface area contributed by atoms with Crippen LogP contribution in [-0.2, 0) is 4.79 Å². The molecule has 3 nitrogen and oxygen atoms in total. The van der Waals surface area contributed by atoms with Crippen LogP contribution < -0.4 is 11.1 Å². The molecule has 0 bridgehead atoms. The number of carbonyl (C=O) groups excluding carboxylic acids is 1. The maximum atomic E-state index is 13.7. The minimum atomic E-state index is -0.879. The number of halogens is 2. The molecule has 110 valence electrons. The summed E-state index contributed by atoms with van der Waals surface area (Å²) in [4.78, 5) is 12.2. The lowest BCUT2D eigenvalue weighted by atomic mass is 9.81. The third-order valence-electron chi connectivity index (χ3n) is 3.97. The summed E-state index contributed by atoms with van der Waals surface area (Å²) in [5.74, 6) is -1.34. The molecule has 1 aromatic rings. The SMILES string of the molecule is CC(NC(=O)C1(N)CCCCC1)c1cc(F)ccc1F. The van der Waals surface area contributed by atoms with Gasteiger partial charge in [-0.25, -0.2) is 8.78 Å². The first-order chi connectivity index (χ1) is 9.42. The number of rotatable bonds is 3. The monoisotopic (exact) mass is 282 g/mol. The van der Waals surface area contributed by atoms with Crippen LogP contribution in [0.1, 0.15) is 50.6 Å². The predicted octanol–water partition coefficient (Wildman–Crippen LogP) is 2.80. The minimum Gasteiger partial charge on any atom is -0.348 e. The zero-order chi connectivity index (χ0) is 14.8. The predicted molar refractivity (Wildman–Crippen MR) is 72.9 cm³/mol. The molecule has 0 spiro atoms. The second-order valence-corrected chi connectivity index (χ2v) is 5.58. The van der Waals surface area contributed by atoms with Gasteiger partial charge in [-0.1, -0.05) is 19.3 Å². The Kier molecular flexibility index (Phi) is 4.38. The first-order valence-corrected chi connectivity index (χ1v) is 6.97. The van der Waals surface area contributed by atoms with E-state index >= 15 is 0 Å². The van der Waals surface area contributed by atoms with Crippen molar-refractivity contribution in [2.45, 2.75) is 50.6 Å². The van der Waals surface area contributed by atoms with Crippen molar-refractivity contribution in [2.75, 3.05) is 0 Å². The van der Waals surface area contributed by atoms with Crippen LogP contribution in [0.3, 0.4) is 0 Å². The number of amides is 1. The Morgan fingerprint density at radius 1 is 1.30 bits per heavy atom. The number of hydrogen-bond donors (Lipinski definition) is 2. The molecular formula is C15H20F2N2O. The standard InChI is InChI=1S/C15H20F2N2O/c1-10(12-9-11(16)5-6-13(12)17)19-14(20)15(18)7-3-2-4-8-15/h5-6,9-10H,2-4,7-8,18H2,1H3,(H,19,20). The summed E-state index contributed by atoms with van der Waals surface area (Å²) in [7, 11) is 0. The van der Waals surface area contributed by atoms with Gasteiger partial charge in [-0.3, -0.25) is 4.79 Å². The Morgan fingerprint density at radius 3 is 2.60 bits per heavy atom. The van der Waals surface area contributed by atoms with Crippen LogP contribution >= 0.6 is 0 Å². The molecule has 3 N–H and O–H groups in total. The lowest BCUT2D eigenvalue weighted by molar-refractivity contribution is -0.128. The molecule has 0 heterocycles. The van der Waals surface area contributed by atoms with Crippen molar-refractivity contribution in [1.82, 2.24) is 5.32 Å². The number of nitrogens with two attached hydrogens (primary N) is 1. The van der Waals surface area contributed by atoms with E-state index in [1.807, 2.05) is 0 Å². The van der Waals surface area contributed by atoms with Crippen molar-refractivity contribution >= 4 is 5.91 Å². The molecule has 2 rings (SSSR count). The van der Waals surface area contributed by atoms with E-state index in [-0.39, 0.29) is 11.5 Å². The summed E-state index contributed by atoms with van der Waals surface area (Å²) in [5, 5.41) is 2.70. The fourth-order valence-electron chi connectivity index (χ4n) is 2.67. The summed E-state index contributed by atoms with van der Waals surface area (Å²) in [6, 6.07) is 2.61. The fourth-order valence-corrected chi connectivity index (χ4v) is 2.67. The summed E-state index contributed by atoms with van der Waals surface area (Å²) in [6.07, 6.45) is 4.20. The van der Waals surface area contributed by atoms with E-state index in [1.54, 1.807) is 6.92 Å². The Hall–Kier alpha value is -1.49. The maximum absolute atomic E-state index is 13.7.